The lowest BCUT2D eigenvalue weighted by Crippen LogP contribution is -2.14. The maximum absolute atomic E-state index is 8.73. The van der Waals surface area contributed by atoms with Crippen LogP contribution in [0.3, 0.4) is 0 Å². The molecule has 106 valence electrons. The van der Waals surface area contributed by atoms with Gasteiger partial charge < -0.3 is 15.7 Å². The van der Waals surface area contributed by atoms with Gasteiger partial charge in [-0.3, -0.25) is 0 Å². The molecule has 3 N–H and O–H groups in total. The fraction of sp³-hybridized carbons (Fsp3) is 0.308. The Morgan fingerprint density at radius 3 is 2.80 bits per heavy atom. The van der Waals surface area contributed by atoms with E-state index in [2.05, 4.69) is 15.1 Å². The van der Waals surface area contributed by atoms with Gasteiger partial charge in [-0.25, -0.2) is 4.68 Å². The van der Waals surface area contributed by atoms with Gasteiger partial charge in [-0.2, -0.15) is 15.1 Å². The van der Waals surface area contributed by atoms with Crippen molar-refractivity contribution < 1.29 is 5.11 Å². The molecule has 0 fully saturated rings. The van der Waals surface area contributed by atoms with Crippen LogP contribution in [0.1, 0.15) is 11.3 Å². The van der Waals surface area contributed by atoms with Gasteiger partial charge in [0.2, 0.25) is 5.95 Å². The van der Waals surface area contributed by atoms with E-state index in [0.717, 1.165) is 23.3 Å². The number of allylic oxidation sites excluding steroid dienone is 1. The topological polar surface area (TPSA) is 93.1 Å². The number of rotatable bonds is 4. The summed E-state index contributed by atoms with van der Waals surface area (Å²) in [4.78, 5) is 10.2. The Balaban J connectivity index is 2.44. The molecular weight excluding hydrogens is 256 g/mol. The molecule has 0 amide bonds. The van der Waals surface area contributed by atoms with E-state index < -0.39 is 0 Å². The summed E-state index contributed by atoms with van der Waals surface area (Å²) in [6, 6.07) is 1.82. The van der Waals surface area contributed by atoms with Crippen molar-refractivity contribution >= 4 is 11.8 Å². The summed E-state index contributed by atoms with van der Waals surface area (Å²) in [5, 5.41) is 13.0. The summed E-state index contributed by atoms with van der Waals surface area (Å²) in [6.07, 6.45) is 5.06. The first kappa shape index (κ1) is 13.9. The number of aliphatic hydroxyl groups is 1. The number of aromatic nitrogens is 4. The summed E-state index contributed by atoms with van der Waals surface area (Å²) in [5.74, 6) is 1.55. The lowest BCUT2D eigenvalue weighted by Gasteiger charge is -2.13. The van der Waals surface area contributed by atoms with Crippen LogP contribution in [0.4, 0.5) is 11.8 Å². The third kappa shape index (κ3) is 2.71. The predicted molar refractivity (Wildman–Crippen MR) is 78.1 cm³/mol. The minimum atomic E-state index is 0.206. The van der Waals surface area contributed by atoms with E-state index in [9.17, 15) is 0 Å². The number of nitrogens with zero attached hydrogens (tertiary/aromatic N) is 5. The van der Waals surface area contributed by atoms with E-state index in [1.54, 1.807) is 17.0 Å². The molecule has 2 heterocycles. The molecule has 0 aromatic carbocycles. The fourth-order valence-electron chi connectivity index (χ4n) is 1.83. The monoisotopic (exact) mass is 274 g/mol. The predicted octanol–water partition coefficient (Wildman–Crippen LogP) is 1.23. The summed E-state index contributed by atoms with van der Waals surface area (Å²) in [5.41, 5.74) is 7.70. The first-order valence-electron chi connectivity index (χ1n) is 6.18. The highest BCUT2D eigenvalue weighted by Gasteiger charge is 2.11. The Kier molecular flexibility index (Phi) is 3.88. The van der Waals surface area contributed by atoms with Crippen molar-refractivity contribution in [2.75, 3.05) is 24.7 Å². The second-order valence-corrected chi connectivity index (χ2v) is 4.59. The lowest BCUT2D eigenvalue weighted by atomic mass is 10.2. The zero-order chi connectivity index (χ0) is 14.7. The molecule has 0 aliphatic rings. The van der Waals surface area contributed by atoms with E-state index in [1.165, 1.54) is 0 Å². The summed E-state index contributed by atoms with van der Waals surface area (Å²) < 4.78 is 1.71. The fourth-order valence-corrected chi connectivity index (χ4v) is 1.83. The first-order chi connectivity index (χ1) is 9.52. The van der Waals surface area contributed by atoms with Gasteiger partial charge in [0.25, 0.3) is 0 Å². The number of nitrogen functional groups attached to an aromatic ring is 1. The van der Waals surface area contributed by atoms with E-state index >= 15 is 0 Å². The SMILES string of the molecule is Cc1c(CC=CO)cnn1-c1cc(N(C)C)nc(N)n1. The van der Waals surface area contributed by atoms with Gasteiger partial charge in [0.15, 0.2) is 5.82 Å². The van der Waals surface area contributed by atoms with Gasteiger partial charge in [0, 0.05) is 25.9 Å². The van der Waals surface area contributed by atoms with Gasteiger partial charge >= 0.3 is 0 Å². The van der Waals surface area contributed by atoms with Gasteiger partial charge in [-0.1, -0.05) is 0 Å². The smallest absolute Gasteiger partial charge is 0.224 e. The van der Waals surface area contributed by atoms with Gasteiger partial charge in [-0.15, -0.1) is 0 Å². The molecule has 2 aromatic rings. The van der Waals surface area contributed by atoms with Crippen molar-refractivity contribution in [2.24, 2.45) is 0 Å². The van der Waals surface area contributed by atoms with Crippen LogP contribution in [0.5, 0.6) is 0 Å². The van der Waals surface area contributed by atoms with Gasteiger partial charge in [-0.05, 0) is 25.0 Å². The Hall–Kier alpha value is -2.57. The van der Waals surface area contributed by atoms with Crippen LogP contribution in [0, 0.1) is 6.92 Å². The number of aliphatic hydroxyl groups excluding tert-OH is 1. The molecule has 0 aliphatic heterocycles. The molecule has 20 heavy (non-hydrogen) atoms. The van der Waals surface area contributed by atoms with Crippen molar-refractivity contribution in [2.45, 2.75) is 13.3 Å². The van der Waals surface area contributed by atoms with E-state index in [0.29, 0.717) is 12.2 Å². The Morgan fingerprint density at radius 2 is 2.15 bits per heavy atom. The van der Waals surface area contributed by atoms with Gasteiger partial charge in [0.1, 0.15) is 5.82 Å². The molecular formula is C13H18N6O. The Bertz CT molecular complexity index is 632. The van der Waals surface area contributed by atoms with Crippen LogP contribution in [-0.4, -0.2) is 39.0 Å². The normalized spacial score (nSPS) is 11.2. The van der Waals surface area contributed by atoms with Crippen molar-refractivity contribution in [3.63, 3.8) is 0 Å². The lowest BCUT2D eigenvalue weighted by molar-refractivity contribution is 0.471. The highest BCUT2D eigenvalue weighted by atomic mass is 16.2. The number of hydrogen-bond donors (Lipinski definition) is 2. The molecule has 2 rings (SSSR count). The number of hydrogen-bond acceptors (Lipinski definition) is 6. The molecule has 0 saturated heterocycles. The second kappa shape index (κ2) is 5.60. The highest BCUT2D eigenvalue weighted by molar-refractivity contribution is 5.47. The van der Waals surface area contributed by atoms with Crippen LogP contribution in [0.2, 0.25) is 0 Å². The molecule has 0 atom stereocenters. The van der Waals surface area contributed by atoms with E-state index in [4.69, 9.17) is 10.8 Å². The third-order valence-electron chi connectivity index (χ3n) is 2.95. The minimum Gasteiger partial charge on any atom is -0.516 e. The minimum absolute atomic E-state index is 0.206. The third-order valence-corrected chi connectivity index (χ3v) is 2.95. The average Bonchev–Trinajstić information content (AvgIpc) is 2.77. The summed E-state index contributed by atoms with van der Waals surface area (Å²) in [7, 11) is 3.78. The summed E-state index contributed by atoms with van der Waals surface area (Å²) >= 11 is 0. The molecule has 0 bridgehead atoms. The van der Waals surface area contributed by atoms with E-state index in [-0.39, 0.29) is 5.95 Å². The quantitative estimate of drug-likeness (QED) is 0.815. The zero-order valence-electron chi connectivity index (χ0n) is 11.8. The van der Waals surface area contributed by atoms with Crippen LogP contribution in [0.25, 0.3) is 5.82 Å². The van der Waals surface area contributed by atoms with Crippen molar-refractivity contribution in [3.8, 4) is 5.82 Å². The van der Waals surface area contributed by atoms with Crippen LogP contribution in [0.15, 0.2) is 24.6 Å². The maximum Gasteiger partial charge on any atom is 0.224 e. The molecule has 7 heteroatoms. The second-order valence-electron chi connectivity index (χ2n) is 4.59. The van der Waals surface area contributed by atoms with Crippen molar-refractivity contribution in [3.05, 3.63) is 35.9 Å². The molecule has 0 spiro atoms. The van der Waals surface area contributed by atoms with Crippen LogP contribution < -0.4 is 10.6 Å². The summed E-state index contributed by atoms with van der Waals surface area (Å²) in [6.45, 7) is 1.95. The van der Waals surface area contributed by atoms with Gasteiger partial charge in [0.05, 0.1) is 12.5 Å². The first-order valence-corrected chi connectivity index (χ1v) is 6.18. The maximum atomic E-state index is 8.73. The molecule has 7 nitrogen and oxygen atoms in total. The molecule has 0 unspecified atom stereocenters. The van der Waals surface area contributed by atoms with E-state index in [1.807, 2.05) is 32.0 Å². The Morgan fingerprint density at radius 1 is 1.40 bits per heavy atom. The van der Waals surface area contributed by atoms with Crippen LogP contribution >= 0.6 is 0 Å². The molecule has 0 aliphatic carbocycles. The molecule has 0 saturated carbocycles. The molecule has 2 aromatic heterocycles. The largest absolute Gasteiger partial charge is 0.516 e. The highest BCUT2D eigenvalue weighted by Crippen LogP contribution is 2.17. The standard InChI is InChI=1S/C13H18N6O/c1-9-10(5-4-6-20)8-15-19(9)12-7-11(18(2)3)16-13(14)17-12/h4,6-8,20H,5H2,1-3H3,(H2,14,16,17). The Labute approximate surface area is 117 Å². The van der Waals surface area contributed by atoms with Crippen molar-refractivity contribution in [1.82, 2.24) is 19.7 Å². The number of anilines is 2. The zero-order valence-corrected chi connectivity index (χ0v) is 11.8. The molecule has 0 radical (unpaired) electrons. The average molecular weight is 274 g/mol. The van der Waals surface area contributed by atoms with Crippen LogP contribution in [-0.2, 0) is 6.42 Å². The number of nitrogens with two attached hydrogens (primary N) is 1. The van der Waals surface area contributed by atoms with Crippen molar-refractivity contribution in [1.29, 1.82) is 0 Å².